The molecule has 2 aliphatic heterocycles. The molecule has 4 N–H and O–H groups in total. The van der Waals surface area contributed by atoms with Crippen LogP contribution in [0.5, 0.6) is 0 Å². The van der Waals surface area contributed by atoms with Gasteiger partial charge in [0.15, 0.2) is 0 Å². The Kier molecular flexibility index (Phi) is 1.58. The van der Waals surface area contributed by atoms with E-state index in [1.165, 1.54) is 0 Å². The molecule has 0 radical (unpaired) electrons. The number of hydrogen-bond donors (Lipinski definition) is 3. The first kappa shape index (κ1) is 7.30. The second kappa shape index (κ2) is 2.60. The summed E-state index contributed by atoms with van der Waals surface area (Å²) in [6, 6.07) is -0.355. The van der Waals surface area contributed by atoms with Gasteiger partial charge in [0.05, 0.1) is 5.70 Å². The van der Waals surface area contributed by atoms with Gasteiger partial charge in [0, 0.05) is 12.8 Å². The van der Waals surface area contributed by atoms with Gasteiger partial charge in [0.2, 0.25) is 5.91 Å². The maximum Gasteiger partial charge on any atom is 0.240 e. The molecule has 0 saturated heterocycles. The third-order valence-electron chi connectivity index (χ3n) is 2.06. The van der Waals surface area contributed by atoms with Crippen molar-refractivity contribution >= 4 is 12.1 Å². The first-order valence-corrected chi connectivity index (χ1v) is 3.83. The maximum absolute atomic E-state index is 10.9. The molecule has 64 valence electrons. The highest BCUT2D eigenvalue weighted by Crippen LogP contribution is 2.18. The minimum absolute atomic E-state index is 0.345. The first-order valence-electron chi connectivity index (χ1n) is 3.83. The molecule has 12 heavy (non-hydrogen) atoms. The molecule has 5 heteroatoms. The predicted octanol–water partition coefficient (Wildman–Crippen LogP) is -1.32. The van der Waals surface area contributed by atoms with Crippen LogP contribution in [-0.4, -0.2) is 24.7 Å². The van der Waals surface area contributed by atoms with Crippen LogP contribution in [-0.2, 0) is 4.79 Å². The van der Waals surface area contributed by atoms with E-state index in [0.717, 1.165) is 24.2 Å². The minimum atomic E-state index is -0.355. The number of hydrogen-bond acceptors (Lipinski definition) is 4. The van der Waals surface area contributed by atoms with Gasteiger partial charge >= 0.3 is 0 Å². The van der Waals surface area contributed by atoms with Crippen molar-refractivity contribution in [2.24, 2.45) is 10.7 Å². The van der Waals surface area contributed by atoms with E-state index in [0.29, 0.717) is 0 Å². The Balaban J connectivity index is 2.27. The van der Waals surface area contributed by atoms with Crippen LogP contribution in [0.3, 0.4) is 0 Å². The summed E-state index contributed by atoms with van der Waals surface area (Å²) in [5.41, 5.74) is 12.8. The summed E-state index contributed by atoms with van der Waals surface area (Å²) < 4.78 is 0. The highest BCUT2D eigenvalue weighted by molar-refractivity contribution is 5.89. The Hall–Kier alpha value is -1.36. The van der Waals surface area contributed by atoms with Crippen molar-refractivity contribution in [1.29, 1.82) is 0 Å². The van der Waals surface area contributed by atoms with E-state index in [9.17, 15) is 4.79 Å². The summed E-state index contributed by atoms with van der Waals surface area (Å²) in [4.78, 5) is 15.0. The number of aliphatic imine (C=N–C) groups is 1. The Bertz CT molecular complexity index is 281. The van der Waals surface area contributed by atoms with Crippen LogP contribution in [0.2, 0.25) is 0 Å². The number of nitrogens with one attached hydrogen (secondary N) is 2. The summed E-state index contributed by atoms with van der Waals surface area (Å²) in [7, 11) is 0. The van der Waals surface area contributed by atoms with Crippen LogP contribution in [0.1, 0.15) is 6.42 Å². The van der Waals surface area contributed by atoms with Gasteiger partial charge in [-0.05, 0) is 12.0 Å². The Morgan fingerprint density at radius 3 is 3.33 bits per heavy atom. The van der Waals surface area contributed by atoms with E-state index in [1.807, 2.05) is 0 Å². The monoisotopic (exact) mass is 166 g/mol. The smallest absolute Gasteiger partial charge is 0.240 e. The number of nitrogens with two attached hydrogens (primary N) is 1. The number of nitrogens with zero attached hydrogens (tertiary/aromatic N) is 1. The summed E-state index contributed by atoms with van der Waals surface area (Å²) >= 11 is 0. The van der Waals surface area contributed by atoms with Crippen LogP contribution in [0.4, 0.5) is 0 Å². The lowest BCUT2D eigenvalue weighted by Crippen LogP contribution is -2.42. The molecular weight excluding hydrogens is 156 g/mol. The fraction of sp³-hybridized carbons (Fsp3) is 0.429. The van der Waals surface area contributed by atoms with Crippen molar-refractivity contribution in [1.82, 2.24) is 10.9 Å². The highest BCUT2D eigenvalue weighted by Gasteiger charge is 2.29. The summed E-state index contributed by atoms with van der Waals surface area (Å²) in [5, 5.41) is 0. The average Bonchev–Trinajstić information content (AvgIpc) is 2.47. The van der Waals surface area contributed by atoms with Gasteiger partial charge in [-0.15, -0.1) is 0 Å². The van der Waals surface area contributed by atoms with Crippen LogP contribution in [0, 0.1) is 0 Å². The number of carbonyl (C=O) groups is 1. The number of rotatable bonds is 1. The van der Waals surface area contributed by atoms with E-state index >= 15 is 0 Å². The standard InChI is InChI=1S/C7H10N4O/c8-7(12)6-4-1-2-9-3-5(4)10-11-6/h3,6,10-11H,1-2H2,(H2,8,12). The van der Waals surface area contributed by atoms with Gasteiger partial charge in [0.25, 0.3) is 0 Å². The van der Waals surface area contributed by atoms with E-state index < -0.39 is 0 Å². The third-order valence-corrected chi connectivity index (χ3v) is 2.06. The molecule has 2 heterocycles. The molecule has 1 amide bonds. The van der Waals surface area contributed by atoms with Crippen LogP contribution < -0.4 is 16.6 Å². The van der Waals surface area contributed by atoms with Crippen molar-refractivity contribution < 1.29 is 4.79 Å². The number of primary amides is 1. The van der Waals surface area contributed by atoms with Gasteiger partial charge < -0.3 is 11.2 Å². The SMILES string of the molecule is NC(=O)C1NNC2=C1CCN=C2. The fourth-order valence-electron chi connectivity index (χ4n) is 1.45. The van der Waals surface area contributed by atoms with Crippen molar-refractivity contribution in [2.45, 2.75) is 12.5 Å². The maximum atomic E-state index is 10.9. The van der Waals surface area contributed by atoms with Gasteiger partial charge in [-0.2, -0.15) is 0 Å². The lowest BCUT2D eigenvalue weighted by Gasteiger charge is -2.10. The Morgan fingerprint density at radius 1 is 1.75 bits per heavy atom. The molecule has 0 saturated carbocycles. The molecule has 0 aromatic heterocycles. The molecule has 0 bridgehead atoms. The molecule has 0 spiro atoms. The second-order valence-electron chi connectivity index (χ2n) is 2.83. The molecule has 0 fully saturated rings. The average molecular weight is 166 g/mol. The summed E-state index contributed by atoms with van der Waals surface area (Å²) in [6.07, 6.45) is 2.54. The van der Waals surface area contributed by atoms with E-state index in [-0.39, 0.29) is 11.9 Å². The predicted molar refractivity (Wildman–Crippen MR) is 44.3 cm³/mol. The molecule has 0 aliphatic carbocycles. The lowest BCUT2D eigenvalue weighted by atomic mass is 10.0. The first-order chi connectivity index (χ1) is 5.79. The van der Waals surface area contributed by atoms with Gasteiger partial charge in [0.1, 0.15) is 6.04 Å². The molecular formula is C7H10N4O. The molecule has 2 rings (SSSR count). The zero-order valence-electron chi connectivity index (χ0n) is 6.50. The van der Waals surface area contributed by atoms with Crippen molar-refractivity contribution in [3.63, 3.8) is 0 Å². The van der Waals surface area contributed by atoms with Crippen molar-refractivity contribution in [3.05, 3.63) is 11.3 Å². The second-order valence-corrected chi connectivity index (χ2v) is 2.83. The van der Waals surface area contributed by atoms with Crippen molar-refractivity contribution in [3.8, 4) is 0 Å². The quantitative estimate of drug-likeness (QED) is 0.452. The molecule has 5 nitrogen and oxygen atoms in total. The molecule has 0 aromatic rings. The van der Waals surface area contributed by atoms with Crippen LogP contribution >= 0.6 is 0 Å². The zero-order chi connectivity index (χ0) is 8.55. The van der Waals surface area contributed by atoms with E-state index in [4.69, 9.17) is 5.73 Å². The number of dihydropyridines is 1. The highest BCUT2D eigenvalue weighted by atomic mass is 16.1. The van der Waals surface area contributed by atoms with Gasteiger partial charge in [-0.25, -0.2) is 5.43 Å². The lowest BCUT2D eigenvalue weighted by molar-refractivity contribution is -0.119. The largest absolute Gasteiger partial charge is 0.368 e. The van der Waals surface area contributed by atoms with Gasteiger partial charge in [-0.1, -0.05) is 0 Å². The molecule has 0 aromatic carbocycles. The Labute approximate surface area is 69.7 Å². The Morgan fingerprint density at radius 2 is 2.58 bits per heavy atom. The molecule has 2 aliphatic rings. The number of carbonyl (C=O) groups excluding carboxylic acids is 1. The van der Waals surface area contributed by atoms with Crippen LogP contribution in [0.15, 0.2) is 16.3 Å². The molecule has 1 atom stereocenters. The van der Waals surface area contributed by atoms with Crippen molar-refractivity contribution in [2.75, 3.05) is 6.54 Å². The van der Waals surface area contributed by atoms with E-state index in [1.54, 1.807) is 6.21 Å². The summed E-state index contributed by atoms with van der Waals surface area (Å²) in [6.45, 7) is 0.742. The van der Waals surface area contributed by atoms with Gasteiger partial charge in [-0.3, -0.25) is 9.79 Å². The zero-order valence-corrected chi connectivity index (χ0v) is 6.50. The normalized spacial score (nSPS) is 26.8. The number of amides is 1. The number of allylic oxidation sites excluding steroid dienone is 1. The number of hydrazine groups is 1. The molecule has 1 unspecified atom stereocenters. The van der Waals surface area contributed by atoms with Crippen LogP contribution in [0.25, 0.3) is 0 Å². The fourth-order valence-corrected chi connectivity index (χ4v) is 1.45. The third kappa shape index (κ3) is 0.984. The summed E-state index contributed by atoms with van der Waals surface area (Å²) in [5.74, 6) is -0.345. The minimum Gasteiger partial charge on any atom is -0.368 e. The van der Waals surface area contributed by atoms with E-state index in [2.05, 4.69) is 15.8 Å². The topological polar surface area (TPSA) is 79.5 Å².